The van der Waals surface area contributed by atoms with Gasteiger partial charge in [0.1, 0.15) is 5.82 Å². The molecule has 2 fully saturated rings. The van der Waals surface area contributed by atoms with Gasteiger partial charge in [-0.15, -0.1) is 0 Å². The summed E-state index contributed by atoms with van der Waals surface area (Å²) in [5.41, 5.74) is 0.636. The predicted octanol–water partition coefficient (Wildman–Crippen LogP) is 2.76. The average molecular weight is 495 g/mol. The summed E-state index contributed by atoms with van der Waals surface area (Å²) < 4.78 is 17.9. The lowest BCUT2D eigenvalue weighted by atomic mass is 10.1. The molecule has 1 aromatic carbocycles. The number of benzene rings is 1. The Hall–Kier alpha value is -2.65. The zero-order valence-electron chi connectivity index (χ0n) is 19.5. The molecule has 3 amide bonds. The van der Waals surface area contributed by atoms with E-state index in [0.717, 1.165) is 38.9 Å². The van der Waals surface area contributed by atoms with Crippen molar-refractivity contribution in [1.29, 1.82) is 0 Å². The molecule has 2 aliphatic heterocycles. The summed E-state index contributed by atoms with van der Waals surface area (Å²) in [6.45, 7) is 4.71. The van der Waals surface area contributed by atoms with Crippen molar-refractivity contribution >= 4 is 35.6 Å². The van der Waals surface area contributed by atoms with Gasteiger partial charge in [-0.05, 0) is 49.6 Å². The molecule has 0 aliphatic carbocycles. The Kier molecular flexibility index (Phi) is 9.71. The van der Waals surface area contributed by atoms with Crippen molar-refractivity contribution in [3.8, 4) is 0 Å². The first-order chi connectivity index (χ1) is 16.4. The van der Waals surface area contributed by atoms with Crippen LogP contribution in [0, 0.1) is 5.82 Å². The Bertz CT molecular complexity index is 905. The van der Waals surface area contributed by atoms with E-state index in [9.17, 15) is 18.8 Å². The van der Waals surface area contributed by atoms with Crippen LogP contribution in [0.2, 0.25) is 5.02 Å². The van der Waals surface area contributed by atoms with Crippen molar-refractivity contribution in [3.05, 3.63) is 40.7 Å². The zero-order valence-corrected chi connectivity index (χ0v) is 20.2. The smallest absolute Gasteiger partial charge is 0.407 e. The van der Waals surface area contributed by atoms with Crippen LogP contribution in [0.25, 0.3) is 6.08 Å². The number of methoxy groups -OCH3 is 1. The summed E-state index contributed by atoms with van der Waals surface area (Å²) >= 11 is 5.78. The quantitative estimate of drug-likeness (QED) is 0.589. The molecule has 186 valence electrons. The number of carbonyl (C=O) groups excluding carboxylic acids is 3. The minimum Gasteiger partial charge on any atom is -0.453 e. The van der Waals surface area contributed by atoms with Gasteiger partial charge in [-0.2, -0.15) is 0 Å². The summed E-state index contributed by atoms with van der Waals surface area (Å²) in [4.78, 5) is 42.3. The van der Waals surface area contributed by atoms with Gasteiger partial charge in [0.2, 0.25) is 11.8 Å². The van der Waals surface area contributed by atoms with E-state index in [1.807, 2.05) is 4.90 Å². The zero-order chi connectivity index (χ0) is 24.5. The highest BCUT2D eigenvalue weighted by Crippen LogP contribution is 2.17. The fraction of sp³-hybridized carbons (Fsp3) is 0.542. The molecule has 8 nitrogen and oxygen atoms in total. The number of hydrogen-bond acceptors (Lipinski definition) is 5. The van der Waals surface area contributed by atoms with E-state index in [4.69, 9.17) is 11.6 Å². The lowest BCUT2D eigenvalue weighted by Gasteiger charge is -2.32. The molecule has 0 bridgehead atoms. The first-order valence-corrected chi connectivity index (χ1v) is 12.0. The van der Waals surface area contributed by atoms with E-state index < -0.39 is 5.82 Å². The van der Waals surface area contributed by atoms with Crippen molar-refractivity contribution in [2.75, 3.05) is 52.9 Å². The second-order valence-corrected chi connectivity index (χ2v) is 8.98. The number of ether oxygens (including phenoxy) is 1. The highest BCUT2D eigenvalue weighted by molar-refractivity contribution is 6.30. The van der Waals surface area contributed by atoms with E-state index in [0.29, 0.717) is 38.2 Å². The fourth-order valence-corrected chi connectivity index (χ4v) is 4.41. The number of rotatable bonds is 7. The van der Waals surface area contributed by atoms with E-state index >= 15 is 0 Å². The largest absolute Gasteiger partial charge is 0.453 e. The minimum absolute atomic E-state index is 0.00726. The molecule has 2 aliphatic rings. The maximum atomic E-state index is 13.3. The van der Waals surface area contributed by atoms with Crippen molar-refractivity contribution in [2.24, 2.45) is 0 Å². The summed E-state index contributed by atoms with van der Waals surface area (Å²) in [5.74, 6) is -0.625. The maximum absolute atomic E-state index is 13.3. The Labute approximate surface area is 204 Å². The molecule has 0 atom stereocenters. The van der Waals surface area contributed by atoms with E-state index in [2.05, 4.69) is 15.0 Å². The van der Waals surface area contributed by atoms with Gasteiger partial charge in [-0.3, -0.25) is 9.59 Å². The van der Waals surface area contributed by atoms with E-state index in [-0.39, 0.29) is 29.0 Å². The van der Waals surface area contributed by atoms with Gasteiger partial charge in [0.05, 0.1) is 12.1 Å². The van der Waals surface area contributed by atoms with E-state index in [1.165, 1.54) is 25.3 Å². The summed E-state index contributed by atoms with van der Waals surface area (Å²) in [5, 5.41) is 2.85. The summed E-state index contributed by atoms with van der Waals surface area (Å²) in [6.07, 6.45) is 5.57. The number of hydrogen-bond donors (Lipinski definition) is 1. The molecule has 2 heterocycles. The van der Waals surface area contributed by atoms with Crippen LogP contribution in [-0.4, -0.2) is 91.6 Å². The Morgan fingerprint density at radius 2 is 1.94 bits per heavy atom. The normalized spacial score (nSPS) is 18.3. The first-order valence-electron chi connectivity index (χ1n) is 11.6. The van der Waals surface area contributed by atoms with Crippen LogP contribution in [0.5, 0.6) is 0 Å². The van der Waals surface area contributed by atoms with Gasteiger partial charge >= 0.3 is 6.09 Å². The second-order valence-electron chi connectivity index (χ2n) is 8.57. The predicted molar refractivity (Wildman–Crippen MR) is 128 cm³/mol. The number of alkyl carbamates (subject to hydrolysis) is 1. The first kappa shape index (κ1) is 26.0. The number of nitrogens with one attached hydrogen (secondary N) is 1. The second kappa shape index (κ2) is 12.7. The van der Waals surface area contributed by atoms with Gasteiger partial charge in [0.25, 0.3) is 0 Å². The van der Waals surface area contributed by atoms with Gasteiger partial charge in [-0.1, -0.05) is 17.7 Å². The Balaban J connectivity index is 1.39. The molecule has 0 spiro atoms. The number of piperidine rings is 1. The number of halogens is 2. The molecular formula is C24H32ClFN4O4. The van der Waals surface area contributed by atoms with Crippen LogP contribution >= 0.6 is 11.6 Å². The van der Waals surface area contributed by atoms with Crippen molar-refractivity contribution in [3.63, 3.8) is 0 Å². The highest BCUT2D eigenvalue weighted by atomic mass is 35.5. The van der Waals surface area contributed by atoms with Crippen LogP contribution in [0.1, 0.15) is 31.2 Å². The average Bonchev–Trinajstić information content (AvgIpc) is 3.02. The molecule has 1 aromatic rings. The molecular weight excluding hydrogens is 463 g/mol. The minimum atomic E-state index is -0.503. The topological polar surface area (TPSA) is 82.2 Å². The third-order valence-electron chi connectivity index (χ3n) is 6.26. The lowest BCUT2D eigenvalue weighted by molar-refractivity contribution is -0.130. The molecule has 1 N–H and O–H groups in total. The fourth-order valence-electron chi connectivity index (χ4n) is 4.22. The monoisotopic (exact) mass is 494 g/mol. The third kappa shape index (κ3) is 7.70. The molecule has 0 saturated carbocycles. The summed E-state index contributed by atoms with van der Waals surface area (Å²) in [7, 11) is 1.37. The van der Waals surface area contributed by atoms with Gasteiger partial charge < -0.3 is 24.8 Å². The maximum Gasteiger partial charge on any atom is 0.407 e. The van der Waals surface area contributed by atoms with E-state index in [1.54, 1.807) is 17.0 Å². The SMILES string of the molecule is COC(=O)NC1CCN(CCCN2CCN(C(=O)/C=C/c3ccc(F)c(Cl)c3)CCC2=O)CC1. The molecule has 10 heteroatoms. The molecule has 0 aromatic heterocycles. The molecule has 3 rings (SSSR count). The molecule has 0 unspecified atom stereocenters. The van der Waals surface area contributed by atoms with Crippen LogP contribution in [0.3, 0.4) is 0 Å². The standard InChI is InChI=1S/C24H32ClFN4O4/c1-34-24(33)27-19-7-12-28(13-8-19)10-2-11-29-15-16-30(14-9-23(29)32)22(31)6-4-18-3-5-21(26)20(25)17-18/h3-6,17,19H,2,7-16H2,1H3,(H,27,33)/b6-4+. The van der Waals surface area contributed by atoms with Crippen LogP contribution in [-0.2, 0) is 14.3 Å². The van der Waals surface area contributed by atoms with Crippen LogP contribution in [0.4, 0.5) is 9.18 Å². The van der Waals surface area contributed by atoms with Crippen molar-refractivity contribution in [2.45, 2.75) is 31.7 Å². The van der Waals surface area contributed by atoms with Crippen molar-refractivity contribution < 1.29 is 23.5 Å². The van der Waals surface area contributed by atoms with Gasteiger partial charge in [0.15, 0.2) is 0 Å². The number of nitrogens with zero attached hydrogens (tertiary/aromatic N) is 3. The molecule has 34 heavy (non-hydrogen) atoms. The lowest BCUT2D eigenvalue weighted by Crippen LogP contribution is -2.45. The summed E-state index contributed by atoms with van der Waals surface area (Å²) in [6, 6.07) is 4.42. The Morgan fingerprint density at radius 1 is 1.18 bits per heavy atom. The number of carbonyl (C=O) groups is 3. The number of likely N-dealkylation sites (tertiary alicyclic amines) is 1. The Morgan fingerprint density at radius 3 is 2.65 bits per heavy atom. The highest BCUT2D eigenvalue weighted by Gasteiger charge is 2.24. The van der Waals surface area contributed by atoms with Crippen LogP contribution in [0.15, 0.2) is 24.3 Å². The molecule has 2 saturated heterocycles. The third-order valence-corrected chi connectivity index (χ3v) is 6.55. The van der Waals surface area contributed by atoms with Crippen LogP contribution < -0.4 is 5.32 Å². The molecule has 0 radical (unpaired) electrons. The number of amides is 3. The van der Waals surface area contributed by atoms with Crippen molar-refractivity contribution in [1.82, 2.24) is 20.0 Å². The van der Waals surface area contributed by atoms with Gasteiger partial charge in [-0.25, -0.2) is 9.18 Å². The van der Waals surface area contributed by atoms with Gasteiger partial charge in [0, 0.05) is 57.8 Å².